The largest absolute Gasteiger partial charge is 0.484 e. The van der Waals surface area contributed by atoms with Crippen molar-refractivity contribution in [2.75, 3.05) is 23.4 Å². The van der Waals surface area contributed by atoms with Gasteiger partial charge in [0.2, 0.25) is 0 Å². The maximum Gasteiger partial charge on any atom is 0.293 e. The fourth-order valence-electron chi connectivity index (χ4n) is 3.38. The summed E-state index contributed by atoms with van der Waals surface area (Å²) in [5, 5.41) is 2.84. The highest BCUT2D eigenvalue weighted by atomic mass is 16.5. The molecule has 1 aromatic heterocycles. The van der Waals surface area contributed by atoms with E-state index in [1.807, 2.05) is 49.4 Å². The van der Waals surface area contributed by atoms with Gasteiger partial charge in [-0.3, -0.25) is 9.59 Å². The Morgan fingerprint density at radius 3 is 2.72 bits per heavy atom. The summed E-state index contributed by atoms with van der Waals surface area (Å²) in [7, 11) is 0. The Bertz CT molecular complexity index is 1010. The van der Waals surface area contributed by atoms with Crippen LogP contribution in [0.15, 0.2) is 65.3 Å². The number of fused-ring (bicyclic) bond motifs is 1. The standard InChI is InChI=1S/C23H22N2O4/c1-16-6-10-19(11-7-16)29-15-22(26)24-18-9-8-17-4-2-12-25(20(17)14-18)23(27)21-5-3-13-28-21/h3,5-11,13-14H,2,4,12,15H2,1H3,(H,24,26). The summed E-state index contributed by atoms with van der Waals surface area (Å²) in [6, 6.07) is 16.5. The van der Waals surface area contributed by atoms with E-state index in [9.17, 15) is 9.59 Å². The van der Waals surface area contributed by atoms with Crippen LogP contribution in [0.25, 0.3) is 0 Å². The normalized spacial score (nSPS) is 12.9. The lowest BCUT2D eigenvalue weighted by molar-refractivity contribution is -0.118. The maximum absolute atomic E-state index is 12.8. The van der Waals surface area contributed by atoms with Gasteiger partial charge in [-0.05, 0) is 61.7 Å². The molecule has 1 aliphatic rings. The van der Waals surface area contributed by atoms with Crippen LogP contribution in [0.3, 0.4) is 0 Å². The number of carbonyl (C=O) groups excluding carboxylic acids is 2. The highest BCUT2D eigenvalue weighted by Crippen LogP contribution is 2.31. The van der Waals surface area contributed by atoms with Crippen LogP contribution in [-0.4, -0.2) is 25.0 Å². The number of nitrogens with one attached hydrogen (secondary N) is 1. The molecule has 0 aliphatic carbocycles. The highest BCUT2D eigenvalue weighted by molar-refractivity contribution is 6.05. The third-order valence-corrected chi connectivity index (χ3v) is 4.86. The minimum absolute atomic E-state index is 0.0881. The lowest BCUT2D eigenvalue weighted by Crippen LogP contribution is -2.35. The highest BCUT2D eigenvalue weighted by Gasteiger charge is 2.25. The quantitative estimate of drug-likeness (QED) is 0.709. The van der Waals surface area contributed by atoms with Crippen LogP contribution >= 0.6 is 0 Å². The summed E-state index contributed by atoms with van der Waals surface area (Å²) in [5.41, 5.74) is 3.63. The molecule has 4 rings (SSSR count). The molecule has 0 radical (unpaired) electrons. The van der Waals surface area contributed by atoms with Crippen LogP contribution in [0, 0.1) is 6.92 Å². The van der Waals surface area contributed by atoms with Gasteiger partial charge in [-0.15, -0.1) is 0 Å². The summed E-state index contributed by atoms with van der Waals surface area (Å²) in [6.45, 7) is 2.52. The number of aryl methyl sites for hydroxylation is 2. The van der Waals surface area contributed by atoms with E-state index in [-0.39, 0.29) is 18.4 Å². The zero-order valence-electron chi connectivity index (χ0n) is 16.2. The zero-order valence-corrected chi connectivity index (χ0v) is 16.2. The molecule has 6 heteroatoms. The van der Waals surface area contributed by atoms with E-state index < -0.39 is 0 Å². The maximum atomic E-state index is 12.8. The first-order valence-electron chi connectivity index (χ1n) is 9.58. The molecule has 2 amide bonds. The van der Waals surface area contributed by atoms with Crippen LogP contribution in [0.4, 0.5) is 11.4 Å². The monoisotopic (exact) mass is 390 g/mol. The third kappa shape index (κ3) is 4.32. The third-order valence-electron chi connectivity index (χ3n) is 4.86. The van der Waals surface area contributed by atoms with Crippen molar-refractivity contribution in [3.05, 3.63) is 77.7 Å². The van der Waals surface area contributed by atoms with Gasteiger partial charge in [0.05, 0.1) is 6.26 Å². The molecule has 1 N–H and O–H groups in total. The van der Waals surface area contributed by atoms with Gasteiger partial charge in [-0.2, -0.15) is 0 Å². The van der Waals surface area contributed by atoms with Crippen molar-refractivity contribution in [2.45, 2.75) is 19.8 Å². The molecule has 1 aliphatic heterocycles. The number of amides is 2. The van der Waals surface area contributed by atoms with E-state index in [1.165, 1.54) is 6.26 Å². The second-order valence-corrected chi connectivity index (χ2v) is 7.03. The number of nitrogens with zero attached hydrogens (tertiary/aromatic N) is 1. The number of hydrogen-bond donors (Lipinski definition) is 1. The second kappa shape index (κ2) is 8.22. The number of hydrogen-bond acceptors (Lipinski definition) is 4. The van der Waals surface area contributed by atoms with Gasteiger partial charge < -0.3 is 19.4 Å². The molecule has 0 fully saturated rings. The van der Waals surface area contributed by atoms with Crippen LogP contribution in [0.1, 0.15) is 28.1 Å². The molecule has 2 aromatic carbocycles. The van der Waals surface area contributed by atoms with Crippen molar-refractivity contribution in [3.63, 3.8) is 0 Å². The molecule has 0 bridgehead atoms. The van der Waals surface area contributed by atoms with Crippen molar-refractivity contribution >= 4 is 23.2 Å². The van der Waals surface area contributed by atoms with Crippen LogP contribution in [-0.2, 0) is 11.2 Å². The molecular weight excluding hydrogens is 368 g/mol. The van der Waals surface area contributed by atoms with Crippen LogP contribution < -0.4 is 15.0 Å². The molecule has 29 heavy (non-hydrogen) atoms. The Balaban J connectivity index is 1.45. The van der Waals surface area contributed by atoms with Gasteiger partial charge in [0.15, 0.2) is 12.4 Å². The molecule has 6 nitrogen and oxygen atoms in total. The van der Waals surface area contributed by atoms with Crippen molar-refractivity contribution in [1.82, 2.24) is 0 Å². The molecule has 148 valence electrons. The van der Waals surface area contributed by atoms with Gasteiger partial charge in [-0.25, -0.2) is 0 Å². The smallest absolute Gasteiger partial charge is 0.293 e. The Kier molecular flexibility index (Phi) is 5.33. The van der Waals surface area contributed by atoms with E-state index in [1.54, 1.807) is 17.0 Å². The predicted molar refractivity (Wildman–Crippen MR) is 110 cm³/mol. The topological polar surface area (TPSA) is 71.8 Å². The van der Waals surface area contributed by atoms with E-state index in [4.69, 9.17) is 9.15 Å². The van der Waals surface area contributed by atoms with Crippen molar-refractivity contribution in [1.29, 1.82) is 0 Å². The van der Waals surface area contributed by atoms with E-state index in [0.29, 0.717) is 23.7 Å². The molecule has 0 saturated carbocycles. The van der Waals surface area contributed by atoms with Gasteiger partial charge in [0.1, 0.15) is 5.75 Å². The summed E-state index contributed by atoms with van der Waals surface area (Å²) in [4.78, 5) is 26.8. The molecule has 3 aromatic rings. The van der Waals surface area contributed by atoms with Gasteiger partial charge in [-0.1, -0.05) is 23.8 Å². The van der Waals surface area contributed by atoms with Crippen molar-refractivity contribution in [3.8, 4) is 5.75 Å². The fraction of sp³-hybridized carbons (Fsp3) is 0.217. The first kappa shape index (κ1) is 18.8. The summed E-state index contributed by atoms with van der Waals surface area (Å²) < 4.78 is 10.8. The first-order chi connectivity index (χ1) is 14.1. The SMILES string of the molecule is Cc1ccc(OCC(=O)Nc2ccc3c(c2)N(C(=O)c2ccco2)CCC3)cc1. The molecule has 0 atom stereocenters. The predicted octanol–water partition coefficient (Wildman–Crippen LogP) is 4.20. The zero-order chi connectivity index (χ0) is 20.2. The minimum atomic E-state index is -0.259. The Morgan fingerprint density at radius 1 is 1.14 bits per heavy atom. The molecule has 0 spiro atoms. The Labute approximate surface area is 169 Å². The molecular formula is C23H22N2O4. The van der Waals surface area contributed by atoms with Crippen molar-refractivity contribution < 1.29 is 18.7 Å². The average molecular weight is 390 g/mol. The lowest BCUT2D eigenvalue weighted by atomic mass is 10.0. The summed E-state index contributed by atoms with van der Waals surface area (Å²) in [6.07, 6.45) is 3.26. The first-order valence-corrected chi connectivity index (χ1v) is 9.58. The number of benzene rings is 2. The van der Waals surface area contributed by atoms with Gasteiger partial charge >= 0.3 is 0 Å². The van der Waals surface area contributed by atoms with E-state index in [0.717, 1.165) is 29.7 Å². The van der Waals surface area contributed by atoms with Crippen molar-refractivity contribution in [2.24, 2.45) is 0 Å². The fourth-order valence-corrected chi connectivity index (χ4v) is 3.38. The summed E-state index contributed by atoms with van der Waals surface area (Å²) in [5.74, 6) is 0.512. The molecule has 0 saturated heterocycles. The number of anilines is 2. The molecule has 2 heterocycles. The number of carbonyl (C=O) groups is 2. The van der Waals surface area contributed by atoms with Crippen LogP contribution in [0.5, 0.6) is 5.75 Å². The number of ether oxygens (including phenoxy) is 1. The van der Waals surface area contributed by atoms with E-state index in [2.05, 4.69) is 5.32 Å². The van der Waals surface area contributed by atoms with Crippen LogP contribution in [0.2, 0.25) is 0 Å². The van der Waals surface area contributed by atoms with Gasteiger partial charge in [0.25, 0.3) is 11.8 Å². The van der Waals surface area contributed by atoms with E-state index >= 15 is 0 Å². The Morgan fingerprint density at radius 2 is 1.97 bits per heavy atom. The average Bonchev–Trinajstić information content (AvgIpc) is 3.27. The summed E-state index contributed by atoms with van der Waals surface area (Å²) >= 11 is 0. The second-order valence-electron chi connectivity index (χ2n) is 7.03. The van der Waals surface area contributed by atoms with Gasteiger partial charge in [0, 0.05) is 17.9 Å². The number of rotatable bonds is 5. The lowest BCUT2D eigenvalue weighted by Gasteiger charge is -2.29. The number of furan rings is 1. The minimum Gasteiger partial charge on any atom is -0.484 e. The molecule has 0 unspecified atom stereocenters. The Hall–Kier alpha value is -3.54.